The van der Waals surface area contributed by atoms with Gasteiger partial charge in [0, 0.05) is 43.7 Å². The molecule has 1 heterocycles. The molecule has 1 aliphatic heterocycles. The highest BCUT2D eigenvalue weighted by molar-refractivity contribution is 5.92. The number of carbonyl (C=O) groups excluding carboxylic acids is 3. The average molecular weight is 400 g/mol. The van der Waals surface area contributed by atoms with Crippen molar-refractivity contribution in [3.05, 3.63) is 29.8 Å². The Morgan fingerprint density at radius 2 is 1.48 bits per heavy atom. The maximum absolute atomic E-state index is 12.7. The Hall–Kier alpha value is -2.37. The summed E-state index contributed by atoms with van der Waals surface area (Å²) in [5.41, 5.74) is 2.16. The number of carbonyl (C=O) groups is 3. The van der Waals surface area contributed by atoms with Crippen molar-refractivity contribution < 1.29 is 14.4 Å². The van der Waals surface area contributed by atoms with Gasteiger partial charge in [0.25, 0.3) is 0 Å². The first kappa shape index (κ1) is 21.3. The van der Waals surface area contributed by atoms with E-state index in [0.29, 0.717) is 26.2 Å². The molecule has 1 saturated carbocycles. The van der Waals surface area contributed by atoms with Gasteiger partial charge in [-0.3, -0.25) is 14.4 Å². The van der Waals surface area contributed by atoms with Gasteiger partial charge >= 0.3 is 0 Å². The van der Waals surface area contributed by atoms with E-state index < -0.39 is 0 Å². The zero-order valence-electron chi connectivity index (χ0n) is 17.8. The second kappa shape index (κ2) is 8.97. The van der Waals surface area contributed by atoms with Gasteiger partial charge in [0.2, 0.25) is 18.2 Å². The first-order valence-corrected chi connectivity index (χ1v) is 10.7. The standard InChI is InChI=1S/C23H33N3O3/c1-23(2,3)19-8-10-20(11-9-19)24-21(28)17-4-6-18(7-5-17)22(29)26-14-12-25(16-27)13-15-26/h8-11,16-18H,4-7,12-15H2,1-3H3,(H,24,28). The van der Waals surface area contributed by atoms with Gasteiger partial charge < -0.3 is 15.1 Å². The predicted octanol–water partition coefficient (Wildman–Crippen LogP) is 3.03. The number of piperazine rings is 1. The van der Waals surface area contributed by atoms with Crippen molar-refractivity contribution in [2.75, 3.05) is 31.5 Å². The molecule has 29 heavy (non-hydrogen) atoms. The monoisotopic (exact) mass is 399 g/mol. The van der Waals surface area contributed by atoms with Gasteiger partial charge in [-0.1, -0.05) is 32.9 Å². The van der Waals surface area contributed by atoms with Gasteiger partial charge in [0.15, 0.2) is 0 Å². The molecule has 1 saturated heterocycles. The summed E-state index contributed by atoms with van der Waals surface area (Å²) in [6.45, 7) is 8.96. The molecule has 2 fully saturated rings. The van der Waals surface area contributed by atoms with E-state index in [1.54, 1.807) is 4.90 Å². The summed E-state index contributed by atoms with van der Waals surface area (Å²) >= 11 is 0. The number of amides is 3. The molecule has 1 aromatic rings. The van der Waals surface area contributed by atoms with Crippen LogP contribution in [0.5, 0.6) is 0 Å². The van der Waals surface area contributed by atoms with E-state index in [1.807, 2.05) is 17.0 Å². The Kier molecular flexibility index (Phi) is 6.60. The summed E-state index contributed by atoms with van der Waals surface area (Å²) in [4.78, 5) is 39.8. The van der Waals surface area contributed by atoms with Crippen LogP contribution in [0.3, 0.4) is 0 Å². The molecule has 0 unspecified atom stereocenters. The minimum absolute atomic E-state index is 0.00732. The fourth-order valence-corrected chi connectivity index (χ4v) is 4.21. The summed E-state index contributed by atoms with van der Waals surface area (Å²) in [5, 5.41) is 3.04. The minimum atomic E-state index is -0.0340. The molecule has 1 aliphatic carbocycles. The van der Waals surface area contributed by atoms with Crippen molar-refractivity contribution in [2.45, 2.75) is 51.9 Å². The number of nitrogens with zero attached hydrogens (tertiary/aromatic N) is 2. The molecule has 0 aromatic heterocycles. The van der Waals surface area contributed by atoms with Crippen LogP contribution in [0.2, 0.25) is 0 Å². The molecule has 1 N–H and O–H groups in total. The molecule has 0 spiro atoms. The lowest BCUT2D eigenvalue weighted by molar-refractivity contribution is -0.140. The van der Waals surface area contributed by atoms with E-state index in [0.717, 1.165) is 37.8 Å². The van der Waals surface area contributed by atoms with Crippen LogP contribution in [-0.2, 0) is 19.8 Å². The highest BCUT2D eigenvalue weighted by atomic mass is 16.2. The molecule has 0 atom stereocenters. The largest absolute Gasteiger partial charge is 0.342 e. The van der Waals surface area contributed by atoms with Crippen molar-refractivity contribution in [3.8, 4) is 0 Å². The zero-order chi connectivity index (χ0) is 21.0. The van der Waals surface area contributed by atoms with Crippen molar-refractivity contribution in [2.24, 2.45) is 11.8 Å². The van der Waals surface area contributed by atoms with Gasteiger partial charge in [0.05, 0.1) is 0 Å². The molecule has 3 amide bonds. The summed E-state index contributed by atoms with van der Waals surface area (Å²) in [6, 6.07) is 8.06. The Balaban J connectivity index is 1.47. The van der Waals surface area contributed by atoms with Crippen LogP contribution in [0.25, 0.3) is 0 Å². The fraction of sp³-hybridized carbons (Fsp3) is 0.609. The van der Waals surface area contributed by atoms with Crippen LogP contribution >= 0.6 is 0 Å². The lowest BCUT2D eigenvalue weighted by atomic mass is 9.80. The van der Waals surface area contributed by atoms with E-state index in [-0.39, 0.29) is 29.1 Å². The smallest absolute Gasteiger partial charge is 0.227 e. The third-order valence-electron chi connectivity index (χ3n) is 6.24. The molecule has 0 radical (unpaired) electrons. The third-order valence-corrected chi connectivity index (χ3v) is 6.24. The molecular formula is C23H33N3O3. The first-order valence-electron chi connectivity index (χ1n) is 10.7. The summed E-state index contributed by atoms with van der Waals surface area (Å²) < 4.78 is 0. The van der Waals surface area contributed by atoms with Crippen LogP contribution in [0, 0.1) is 11.8 Å². The van der Waals surface area contributed by atoms with Crippen molar-refractivity contribution >= 4 is 23.9 Å². The second-order valence-corrected chi connectivity index (χ2v) is 9.33. The highest BCUT2D eigenvalue weighted by Gasteiger charge is 2.33. The van der Waals surface area contributed by atoms with E-state index >= 15 is 0 Å². The van der Waals surface area contributed by atoms with E-state index in [1.165, 1.54) is 5.56 Å². The molecule has 6 nitrogen and oxygen atoms in total. The van der Waals surface area contributed by atoms with E-state index in [9.17, 15) is 14.4 Å². The first-order chi connectivity index (χ1) is 13.8. The average Bonchev–Trinajstić information content (AvgIpc) is 2.73. The Labute approximate surface area is 173 Å². The Morgan fingerprint density at radius 1 is 0.931 bits per heavy atom. The normalized spacial score (nSPS) is 22.9. The quantitative estimate of drug-likeness (QED) is 0.791. The number of hydrogen-bond donors (Lipinski definition) is 1. The molecule has 1 aromatic carbocycles. The lowest BCUT2D eigenvalue weighted by Crippen LogP contribution is -2.50. The van der Waals surface area contributed by atoms with Crippen LogP contribution in [0.4, 0.5) is 5.69 Å². The van der Waals surface area contributed by atoms with Crippen molar-refractivity contribution in [3.63, 3.8) is 0 Å². The molecule has 3 rings (SSSR count). The van der Waals surface area contributed by atoms with Crippen LogP contribution in [0.15, 0.2) is 24.3 Å². The van der Waals surface area contributed by atoms with Gasteiger partial charge in [-0.25, -0.2) is 0 Å². The number of rotatable bonds is 4. The number of anilines is 1. The third kappa shape index (κ3) is 5.37. The van der Waals surface area contributed by atoms with E-state index in [4.69, 9.17) is 0 Å². The van der Waals surface area contributed by atoms with Crippen LogP contribution in [0.1, 0.15) is 52.0 Å². The van der Waals surface area contributed by atoms with Gasteiger partial charge in [-0.15, -0.1) is 0 Å². The van der Waals surface area contributed by atoms with Gasteiger partial charge in [-0.2, -0.15) is 0 Å². The number of nitrogens with one attached hydrogen (secondary N) is 1. The maximum Gasteiger partial charge on any atom is 0.227 e. The maximum atomic E-state index is 12.7. The topological polar surface area (TPSA) is 69.7 Å². The number of benzene rings is 1. The lowest BCUT2D eigenvalue weighted by Gasteiger charge is -2.36. The predicted molar refractivity (Wildman–Crippen MR) is 113 cm³/mol. The Bertz CT molecular complexity index is 723. The molecule has 158 valence electrons. The summed E-state index contributed by atoms with van der Waals surface area (Å²) in [6.07, 6.45) is 3.86. The van der Waals surface area contributed by atoms with Crippen LogP contribution < -0.4 is 5.32 Å². The van der Waals surface area contributed by atoms with Crippen molar-refractivity contribution in [1.29, 1.82) is 0 Å². The molecule has 2 aliphatic rings. The van der Waals surface area contributed by atoms with E-state index in [2.05, 4.69) is 38.2 Å². The number of hydrogen-bond acceptors (Lipinski definition) is 3. The van der Waals surface area contributed by atoms with Gasteiger partial charge in [-0.05, 0) is 48.8 Å². The van der Waals surface area contributed by atoms with Crippen LogP contribution in [-0.4, -0.2) is 54.2 Å². The molecule has 6 heteroatoms. The highest BCUT2D eigenvalue weighted by Crippen LogP contribution is 2.31. The zero-order valence-corrected chi connectivity index (χ0v) is 17.8. The second-order valence-electron chi connectivity index (χ2n) is 9.33. The Morgan fingerprint density at radius 3 is 2.00 bits per heavy atom. The summed E-state index contributed by atoms with van der Waals surface area (Å²) in [7, 11) is 0. The fourth-order valence-electron chi connectivity index (χ4n) is 4.21. The molecular weight excluding hydrogens is 366 g/mol. The van der Waals surface area contributed by atoms with Crippen molar-refractivity contribution in [1.82, 2.24) is 9.80 Å². The summed E-state index contributed by atoms with van der Waals surface area (Å²) in [5.74, 6) is 0.215. The SMILES string of the molecule is CC(C)(C)c1ccc(NC(=O)C2CCC(C(=O)N3CCN(C=O)CC3)CC2)cc1. The minimum Gasteiger partial charge on any atom is -0.342 e. The van der Waals surface area contributed by atoms with Gasteiger partial charge in [0.1, 0.15) is 0 Å². The molecule has 0 bridgehead atoms.